The molecular weight excluding hydrogens is 166 g/mol. The molecule has 0 bridgehead atoms. The third-order valence-corrected chi connectivity index (χ3v) is 2.33. The van der Waals surface area contributed by atoms with Gasteiger partial charge in [0.25, 0.3) is 0 Å². The van der Waals surface area contributed by atoms with Crippen molar-refractivity contribution in [1.29, 1.82) is 0 Å². The van der Waals surface area contributed by atoms with Crippen molar-refractivity contribution in [2.45, 2.75) is 19.3 Å². The van der Waals surface area contributed by atoms with E-state index in [0.29, 0.717) is 6.42 Å². The molecule has 2 rings (SSSR count). The monoisotopic (exact) mass is 177 g/mol. The van der Waals surface area contributed by atoms with Gasteiger partial charge in [-0.1, -0.05) is 13.0 Å². The molecule has 1 heterocycles. The number of fused-ring (bicyclic) bond motifs is 1. The number of rotatable bonds is 0. The molecule has 1 aliphatic rings. The molecule has 0 spiro atoms. The summed E-state index contributed by atoms with van der Waals surface area (Å²) in [5.41, 5.74) is 1.83. The molecule has 1 amide bonds. The van der Waals surface area contributed by atoms with Gasteiger partial charge in [0.05, 0.1) is 0 Å². The fourth-order valence-corrected chi connectivity index (χ4v) is 1.67. The Morgan fingerprint density at radius 2 is 2.31 bits per heavy atom. The quantitative estimate of drug-likeness (QED) is 0.635. The van der Waals surface area contributed by atoms with E-state index in [1.807, 2.05) is 13.0 Å². The maximum absolute atomic E-state index is 11.2. The van der Waals surface area contributed by atoms with Gasteiger partial charge in [0.2, 0.25) is 5.91 Å². The fourth-order valence-electron chi connectivity index (χ4n) is 1.67. The van der Waals surface area contributed by atoms with Crippen LogP contribution in [0.1, 0.15) is 24.8 Å². The van der Waals surface area contributed by atoms with E-state index in [-0.39, 0.29) is 17.6 Å². The number of nitrogens with one attached hydrogen (secondary N) is 1. The topological polar surface area (TPSA) is 49.3 Å². The molecule has 1 aliphatic heterocycles. The van der Waals surface area contributed by atoms with Crippen LogP contribution in [0.15, 0.2) is 18.2 Å². The van der Waals surface area contributed by atoms with E-state index >= 15 is 0 Å². The molecule has 0 fully saturated rings. The Morgan fingerprint density at radius 3 is 3.08 bits per heavy atom. The van der Waals surface area contributed by atoms with E-state index < -0.39 is 0 Å². The number of amides is 1. The Morgan fingerprint density at radius 1 is 1.54 bits per heavy atom. The summed E-state index contributed by atoms with van der Waals surface area (Å²) in [7, 11) is 0. The number of aromatic hydroxyl groups is 1. The van der Waals surface area contributed by atoms with Crippen molar-refractivity contribution in [2.75, 3.05) is 5.32 Å². The van der Waals surface area contributed by atoms with Gasteiger partial charge in [-0.15, -0.1) is 0 Å². The SMILES string of the molecule is CC1CC(=O)Nc2cc(O)ccc21. The largest absolute Gasteiger partial charge is 0.508 e. The van der Waals surface area contributed by atoms with Gasteiger partial charge in [-0.25, -0.2) is 0 Å². The molecule has 1 aromatic rings. The van der Waals surface area contributed by atoms with Crippen molar-refractivity contribution in [3.63, 3.8) is 0 Å². The summed E-state index contributed by atoms with van der Waals surface area (Å²) in [6, 6.07) is 5.09. The Labute approximate surface area is 76.4 Å². The molecule has 1 aromatic carbocycles. The van der Waals surface area contributed by atoms with Crippen LogP contribution in [0.4, 0.5) is 5.69 Å². The van der Waals surface area contributed by atoms with Gasteiger partial charge in [-0.2, -0.15) is 0 Å². The van der Waals surface area contributed by atoms with Gasteiger partial charge in [-0.3, -0.25) is 4.79 Å². The first-order chi connectivity index (χ1) is 6.16. The molecule has 3 nitrogen and oxygen atoms in total. The first-order valence-corrected chi connectivity index (χ1v) is 4.29. The summed E-state index contributed by atoms with van der Waals surface area (Å²) < 4.78 is 0. The molecule has 0 aromatic heterocycles. The maximum atomic E-state index is 11.2. The van der Waals surface area contributed by atoms with Crippen LogP contribution in [0.5, 0.6) is 5.75 Å². The number of phenols is 1. The molecule has 1 atom stereocenters. The number of anilines is 1. The number of benzene rings is 1. The second-order valence-corrected chi connectivity index (χ2v) is 3.42. The number of carbonyl (C=O) groups is 1. The lowest BCUT2D eigenvalue weighted by molar-refractivity contribution is -0.116. The average molecular weight is 177 g/mol. The maximum Gasteiger partial charge on any atom is 0.224 e. The third-order valence-electron chi connectivity index (χ3n) is 2.33. The van der Waals surface area contributed by atoms with Crippen LogP contribution < -0.4 is 5.32 Å². The zero-order valence-electron chi connectivity index (χ0n) is 7.37. The summed E-state index contributed by atoms with van der Waals surface area (Å²) in [5, 5.41) is 11.9. The van der Waals surface area contributed by atoms with Crippen LogP contribution in [0.3, 0.4) is 0 Å². The van der Waals surface area contributed by atoms with E-state index in [4.69, 9.17) is 0 Å². The molecule has 0 radical (unpaired) electrons. The highest BCUT2D eigenvalue weighted by atomic mass is 16.3. The Hall–Kier alpha value is -1.51. The third kappa shape index (κ3) is 1.37. The number of carbonyl (C=O) groups excluding carboxylic acids is 1. The zero-order valence-corrected chi connectivity index (χ0v) is 7.37. The van der Waals surface area contributed by atoms with Crippen molar-refractivity contribution < 1.29 is 9.90 Å². The zero-order chi connectivity index (χ0) is 9.42. The van der Waals surface area contributed by atoms with Gasteiger partial charge in [0.1, 0.15) is 5.75 Å². The molecule has 0 aliphatic carbocycles. The lowest BCUT2D eigenvalue weighted by atomic mass is 9.92. The van der Waals surface area contributed by atoms with Crippen LogP contribution >= 0.6 is 0 Å². The molecule has 2 N–H and O–H groups in total. The number of hydrogen-bond acceptors (Lipinski definition) is 2. The van der Waals surface area contributed by atoms with Crippen molar-refractivity contribution in [3.05, 3.63) is 23.8 Å². The summed E-state index contributed by atoms with van der Waals surface area (Å²) in [5.74, 6) is 0.447. The first kappa shape index (κ1) is 8.10. The highest BCUT2D eigenvalue weighted by Crippen LogP contribution is 2.33. The molecule has 1 unspecified atom stereocenters. The van der Waals surface area contributed by atoms with Crippen LogP contribution in [-0.4, -0.2) is 11.0 Å². The van der Waals surface area contributed by atoms with E-state index in [2.05, 4.69) is 5.32 Å². The highest BCUT2D eigenvalue weighted by molar-refractivity contribution is 5.94. The van der Waals surface area contributed by atoms with Gasteiger partial charge in [0, 0.05) is 18.2 Å². The summed E-state index contributed by atoms with van der Waals surface area (Å²) in [6.45, 7) is 2.01. The van der Waals surface area contributed by atoms with Crippen LogP contribution in [-0.2, 0) is 4.79 Å². The minimum atomic E-state index is 0.0191. The standard InChI is InChI=1S/C10H11NO2/c1-6-4-10(13)11-9-5-7(12)2-3-8(6)9/h2-3,5-6,12H,4H2,1H3,(H,11,13). The first-order valence-electron chi connectivity index (χ1n) is 4.29. The minimum Gasteiger partial charge on any atom is -0.508 e. The minimum absolute atomic E-state index is 0.0191. The van der Waals surface area contributed by atoms with Gasteiger partial charge >= 0.3 is 0 Å². The lowest BCUT2D eigenvalue weighted by Crippen LogP contribution is -2.21. The number of hydrogen-bond donors (Lipinski definition) is 2. The lowest BCUT2D eigenvalue weighted by Gasteiger charge is -2.22. The smallest absolute Gasteiger partial charge is 0.224 e. The molecular formula is C10H11NO2. The Bertz CT molecular complexity index is 360. The number of phenolic OH excluding ortho intramolecular Hbond substituents is 1. The molecule has 68 valence electrons. The summed E-state index contributed by atoms with van der Waals surface area (Å²) in [6.07, 6.45) is 0.526. The molecule has 3 heteroatoms. The summed E-state index contributed by atoms with van der Waals surface area (Å²) in [4.78, 5) is 11.2. The highest BCUT2D eigenvalue weighted by Gasteiger charge is 2.21. The van der Waals surface area contributed by atoms with Crippen LogP contribution in [0.25, 0.3) is 0 Å². The second-order valence-electron chi connectivity index (χ2n) is 3.42. The van der Waals surface area contributed by atoms with E-state index in [1.165, 1.54) is 0 Å². The summed E-state index contributed by atoms with van der Waals surface area (Å²) >= 11 is 0. The average Bonchev–Trinajstić information content (AvgIpc) is 2.02. The fraction of sp³-hybridized carbons (Fsp3) is 0.300. The van der Waals surface area contributed by atoms with Crippen molar-refractivity contribution in [3.8, 4) is 5.75 Å². The van der Waals surface area contributed by atoms with Gasteiger partial charge < -0.3 is 10.4 Å². The van der Waals surface area contributed by atoms with Crippen LogP contribution in [0.2, 0.25) is 0 Å². The van der Waals surface area contributed by atoms with E-state index in [0.717, 1.165) is 11.3 Å². The molecule has 0 saturated heterocycles. The van der Waals surface area contributed by atoms with Gasteiger partial charge in [0.15, 0.2) is 0 Å². The van der Waals surface area contributed by atoms with Crippen LogP contribution in [0, 0.1) is 0 Å². The second kappa shape index (κ2) is 2.76. The molecule has 0 saturated carbocycles. The Kier molecular flexibility index (Phi) is 1.72. The normalized spacial score (nSPS) is 20.7. The Balaban J connectivity index is 2.49. The predicted octanol–water partition coefficient (Wildman–Crippen LogP) is 1.84. The van der Waals surface area contributed by atoms with Crippen molar-refractivity contribution >= 4 is 11.6 Å². The van der Waals surface area contributed by atoms with Crippen molar-refractivity contribution in [1.82, 2.24) is 0 Å². The predicted molar refractivity (Wildman–Crippen MR) is 49.8 cm³/mol. The van der Waals surface area contributed by atoms with E-state index in [1.54, 1.807) is 12.1 Å². The molecule has 13 heavy (non-hydrogen) atoms. The van der Waals surface area contributed by atoms with E-state index in [9.17, 15) is 9.90 Å². The van der Waals surface area contributed by atoms with Crippen molar-refractivity contribution in [2.24, 2.45) is 0 Å². The van der Waals surface area contributed by atoms with Gasteiger partial charge in [-0.05, 0) is 17.5 Å².